The van der Waals surface area contributed by atoms with Crippen LogP contribution in [0.25, 0.3) is 0 Å². The minimum Gasteiger partial charge on any atom is -0.465 e. The average molecular weight is 292 g/mol. The highest BCUT2D eigenvalue weighted by Crippen LogP contribution is 2.41. The zero-order valence-electron chi connectivity index (χ0n) is 13.3. The van der Waals surface area contributed by atoms with Crippen LogP contribution in [0.15, 0.2) is 23.8 Å². The predicted octanol–water partition coefficient (Wildman–Crippen LogP) is 3.63. The van der Waals surface area contributed by atoms with Crippen LogP contribution >= 0.6 is 0 Å². The summed E-state index contributed by atoms with van der Waals surface area (Å²) in [6.07, 6.45) is 13.0. The highest BCUT2D eigenvalue weighted by Gasteiger charge is 2.30. The van der Waals surface area contributed by atoms with E-state index in [-0.39, 0.29) is 12.4 Å². The minimum absolute atomic E-state index is 0.167. The molecular weight excluding hydrogens is 264 g/mol. The third kappa shape index (κ3) is 4.44. The maximum absolute atomic E-state index is 10.3. The van der Waals surface area contributed by atoms with Gasteiger partial charge in [0.2, 0.25) is 0 Å². The fourth-order valence-electron chi connectivity index (χ4n) is 3.67. The maximum Gasteiger partial charge on any atom is 0.308 e. The van der Waals surface area contributed by atoms with E-state index in [0.29, 0.717) is 13.0 Å². The van der Waals surface area contributed by atoms with Crippen LogP contribution in [0.4, 0.5) is 0 Å². The normalized spacial score (nSPS) is 35.0. The van der Waals surface area contributed by atoms with Gasteiger partial charge in [-0.1, -0.05) is 38.5 Å². The lowest BCUT2D eigenvalue weighted by molar-refractivity contribution is -0.151. The molecule has 3 nitrogen and oxygen atoms in total. The summed E-state index contributed by atoms with van der Waals surface area (Å²) in [7, 11) is 0. The van der Waals surface area contributed by atoms with Crippen molar-refractivity contribution < 1.29 is 14.6 Å². The Morgan fingerprint density at radius 2 is 2.19 bits per heavy atom. The van der Waals surface area contributed by atoms with Crippen molar-refractivity contribution in [2.24, 2.45) is 17.8 Å². The van der Waals surface area contributed by atoms with Gasteiger partial charge in [-0.3, -0.25) is 4.79 Å². The topological polar surface area (TPSA) is 46.5 Å². The number of hydrogen-bond acceptors (Lipinski definition) is 3. The van der Waals surface area contributed by atoms with Crippen molar-refractivity contribution in [3.8, 4) is 0 Å². The highest BCUT2D eigenvalue weighted by atomic mass is 16.5. The molecule has 0 aromatic rings. The molecule has 1 N–H and O–H groups in total. The molecular formula is C18H28O3. The van der Waals surface area contributed by atoms with E-state index < -0.39 is 6.10 Å². The lowest BCUT2D eigenvalue weighted by Crippen LogP contribution is -2.26. The largest absolute Gasteiger partial charge is 0.465 e. The number of aliphatic hydroxyl groups excluding tert-OH is 1. The molecule has 1 heterocycles. The van der Waals surface area contributed by atoms with Crippen LogP contribution in [0.2, 0.25) is 0 Å². The van der Waals surface area contributed by atoms with Gasteiger partial charge in [-0.15, -0.1) is 0 Å². The molecule has 0 amide bonds. The van der Waals surface area contributed by atoms with Crippen LogP contribution < -0.4 is 0 Å². The van der Waals surface area contributed by atoms with Gasteiger partial charge in [0.1, 0.15) is 0 Å². The van der Waals surface area contributed by atoms with Crippen LogP contribution in [0, 0.1) is 17.8 Å². The van der Waals surface area contributed by atoms with Crippen molar-refractivity contribution in [1.82, 2.24) is 0 Å². The average Bonchev–Trinajstić information content (AvgIpc) is 2.47. The number of carbonyl (C=O) groups is 1. The van der Waals surface area contributed by atoms with Crippen molar-refractivity contribution in [3.63, 3.8) is 0 Å². The molecule has 118 valence electrons. The molecule has 2 aliphatic carbocycles. The van der Waals surface area contributed by atoms with Gasteiger partial charge < -0.3 is 9.84 Å². The molecule has 3 rings (SSSR count). The van der Waals surface area contributed by atoms with Crippen molar-refractivity contribution in [2.75, 3.05) is 6.61 Å². The monoisotopic (exact) mass is 292 g/mol. The summed E-state index contributed by atoms with van der Waals surface area (Å²) in [5.41, 5.74) is 1.64. The Morgan fingerprint density at radius 3 is 2.81 bits per heavy atom. The minimum atomic E-state index is -0.462. The number of ether oxygens (including phenoxy) is 1. The van der Waals surface area contributed by atoms with Gasteiger partial charge in [0.25, 0.3) is 0 Å². The number of fused-ring (bicyclic) bond motifs is 1. The highest BCUT2D eigenvalue weighted by molar-refractivity contribution is 5.70. The van der Waals surface area contributed by atoms with Gasteiger partial charge in [-0.25, -0.2) is 0 Å². The standard InChI is InChI=1S/C13H20.C5H8O3/c1-3-12-10(2)8-9-11-6-4-5-7-13(11)12;6-4-1-2-8-5(7)3-4/h6,8-10,12-13H,3-5,7H2,1-2H3;4,6H,1-3H2. The van der Waals surface area contributed by atoms with E-state index in [1.165, 1.54) is 25.7 Å². The van der Waals surface area contributed by atoms with E-state index in [9.17, 15) is 4.79 Å². The van der Waals surface area contributed by atoms with E-state index >= 15 is 0 Å². The maximum atomic E-state index is 10.3. The van der Waals surface area contributed by atoms with E-state index in [2.05, 4.69) is 36.8 Å². The van der Waals surface area contributed by atoms with E-state index in [4.69, 9.17) is 5.11 Å². The molecule has 0 saturated carbocycles. The van der Waals surface area contributed by atoms with Crippen molar-refractivity contribution in [2.45, 2.75) is 58.5 Å². The van der Waals surface area contributed by atoms with Gasteiger partial charge in [-0.05, 0) is 42.6 Å². The first kappa shape index (κ1) is 16.3. The number of aliphatic hydroxyl groups is 1. The number of rotatable bonds is 1. The zero-order chi connectivity index (χ0) is 15.2. The van der Waals surface area contributed by atoms with Crippen LogP contribution in [0.5, 0.6) is 0 Å². The molecule has 1 saturated heterocycles. The molecule has 0 bridgehead atoms. The zero-order valence-corrected chi connectivity index (χ0v) is 13.3. The second kappa shape index (κ2) is 7.79. The Hall–Kier alpha value is -1.09. The molecule has 0 radical (unpaired) electrons. The van der Waals surface area contributed by atoms with Gasteiger partial charge in [0, 0.05) is 6.42 Å². The molecule has 4 atom stereocenters. The van der Waals surface area contributed by atoms with Crippen LogP contribution in [0.1, 0.15) is 52.4 Å². The molecule has 3 heteroatoms. The quantitative estimate of drug-likeness (QED) is 0.751. The fraction of sp³-hybridized carbons (Fsp3) is 0.722. The third-order valence-electron chi connectivity index (χ3n) is 4.90. The van der Waals surface area contributed by atoms with E-state index in [1.807, 2.05) is 0 Å². The van der Waals surface area contributed by atoms with Crippen LogP contribution in [0.3, 0.4) is 0 Å². The number of hydrogen-bond donors (Lipinski definition) is 1. The van der Waals surface area contributed by atoms with Crippen molar-refractivity contribution in [3.05, 3.63) is 23.8 Å². The first-order chi connectivity index (χ1) is 10.1. The summed E-state index contributed by atoms with van der Waals surface area (Å²) in [4.78, 5) is 10.3. The predicted molar refractivity (Wildman–Crippen MR) is 83.7 cm³/mol. The third-order valence-corrected chi connectivity index (χ3v) is 4.90. The van der Waals surface area contributed by atoms with Gasteiger partial charge in [0.05, 0.1) is 19.1 Å². The van der Waals surface area contributed by atoms with Crippen LogP contribution in [-0.2, 0) is 9.53 Å². The summed E-state index contributed by atoms with van der Waals surface area (Å²) >= 11 is 0. The Labute approximate surface area is 128 Å². The lowest BCUT2D eigenvalue weighted by Gasteiger charge is -2.36. The Morgan fingerprint density at radius 1 is 1.38 bits per heavy atom. The lowest BCUT2D eigenvalue weighted by atomic mass is 9.69. The molecule has 1 fully saturated rings. The number of esters is 1. The molecule has 1 aliphatic heterocycles. The van der Waals surface area contributed by atoms with E-state index in [0.717, 1.165) is 17.8 Å². The molecule has 4 unspecified atom stereocenters. The fourth-order valence-corrected chi connectivity index (χ4v) is 3.67. The van der Waals surface area contributed by atoms with E-state index in [1.54, 1.807) is 5.57 Å². The van der Waals surface area contributed by atoms with Crippen molar-refractivity contribution >= 4 is 5.97 Å². The number of allylic oxidation sites excluding steroid dienone is 4. The summed E-state index contributed by atoms with van der Waals surface area (Å²) in [5.74, 6) is 2.31. The molecule has 0 aromatic carbocycles. The van der Waals surface area contributed by atoms with Gasteiger partial charge in [-0.2, -0.15) is 0 Å². The second-order valence-electron chi connectivity index (χ2n) is 6.40. The molecule has 0 aromatic heterocycles. The van der Waals surface area contributed by atoms with Crippen molar-refractivity contribution in [1.29, 1.82) is 0 Å². The molecule has 21 heavy (non-hydrogen) atoms. The Bertz CT molecular complexity index is 411. The smallest absolute Gasteiger partial charge is 0.308 e. The van der Waals surface area contributed by atoms with Gasteiger partial charge in [0.15, 0.2) is 0 Å². The summed E-state index contributed by atoms with van der Waals surface area (Å²) in [6.45, 7) is 5.09. The Balaban J connectivity index is 0.000000173. The number of carbonyl (C=O) groups excluding carboxylic acids is 1. The SMILES string of the molecule is CCC1C(C)C=CC2=CCCCC21.O=C1CC(O)CCO1. The number of cyclic esters (lactones) is 1. The Kier molecular flexibility index (Phi) is 6.04. The first-order valence-electron chi connectivity index (χ1n) is 8.33. The van der Waals surface area contributed by atoms with Crippen LogP contribution in [-0.4, -0.2) is 23.8 Å². The summed E-state index contributed by atoms with van der Waals surface area (Å²) < 4.78 is 4.55. The summed E-state index contributed by atoms with van der Waals surface area (Å²) in [6, 6.07) is 0. The molecule has 3 aliphatic rings. The first-order valence-corrected chi connectivity index (χ1v) is 8.33. The summed E-state index contributed by atoms with van der Waals surface area (Å²) in [5, 5.41) is 8.78. The second-order valence-corrected chi connectivity index (χ2v) is 6.40. The van der Waals surface area contributed by atoms with Gasteiger partial charge >= 0.3 is 5.97 Å². The molecule has 0 spiro atoms.